The Kier molecular flexibility index (Phi) is 3.89. The summed E-state index contributed by atoms with van der Waals surface area (Å²) in [5, 5.41) is 12.6. The Balaban J connectivity index is 3.27. The second kappa shape index (κ2) is 4.84. The fraction of sp³-hybridized carbons (Fsp3) is 0.556. The molecule has 0 fully saturated rings. The number of carboxylic acids is 1. The number of nitrogens with zero attached hydrogens (tertiary/aromatic N) is 2. The zero-order chi connectivity index (χ0) is 13.2. The number of rotatable bonds is 5. The molecule has 7 nitrogen and oxygen atoms in total. The van der Waals surface area contributed by atoms with Crippen LogP contribution in [0.2, 0.25) is 0 Å². The first-order valence-corrected chi connectivity index (χ1v) is 6.53. The van der Waals surface area contributed by atoms with Crippen LogP contribution in [0.3, 0.4) is 0 Å². The van der Waals surface area contributed by atoms with E-state index < -0.39 is 16.0 Å². The molecule has 1 aromatic heterocycles. The van der Waals surface area contributed by atoms with Crippen molar-refractivity contribution in [1.29, 1.82) is 0 Å². The fourth-order valence-corrected chi connectivity index (χ4v) is 3.06. The van der Waals surface area contributed by atoms with Crippen molar-refractivity contribution in [1.82, 2.24) is 14.5 Å². The van der Waals surface area contributed by atoms with E-state index in [0.29, 0.717) is 11.4 Å². The number of nitrogens with one attached hydrogen (secondary N) is 1. The van der Waals surface area contributed by atoms with Gasteiger partial charge in [0.2, 0.25) is 10.0 Å². The smallest absolute Gasteiger partial charge is 0.325 e. The van der Waals surface area contributed by atoms with Crippen molar-refractivity contribution >= 4 is 16.0 Å². The minimum Gasteiger partial charge on any atom is -0.480 e. The van der Waals surface area contributed by atoms with E-state index in [2.05, 4.69) is 9.82 Å². The molecule has 0 aliphatic rings. The van der Waals surface area contributed by atoms with E-state index in [0.717, 1.165) is 0 Å². The first kappa shape index (κ1) is 13.7. The van der Waals surface area contributed by atoms with Crippen molar-refractivity contribution < 1.29 is 18.3 Å². The van der Waals surface area contributed by atoms with Crippen LogP contribution in [-0.2, 0) is 21.4 Å². The molecule has 0 atom stereocenters. The average molecular weight is 261 g/mol. The third-order valence-corrected chi connectivity index (χ3v) is 4.00. The Morgan fingerprint density at radius 2 is 2.06 bits per heavy atom. The van der Waals surface area contributed by atoms with Crippen LogP contribution >= 0.6 is 0 Å². The second-order valence-corrected chi connectivity index (χ2v) is 5.26. The zero-order valence-corrected chi connectivity index (χ0v) is 10.7. The molecule has 0 unspecified atom stereocenters. The topological polar surface area (TPSA) is 101 Å². The van der Waals surface area contributed by atoms with Gasteiger partial charge in [0.25, 0.3) is 0 Å². The van der Waals surface area contributed by atoms with Gasteiger partial charge >= 0.3 is 5.97 Å². The monoisotopic (exact) mass is 261 g/mol. The summed E-state index contributed by atoms with van der Waals surface area (Å²) in [7, 11) is -3.61. The van der Waals surface area contributed by atoms with Gasteiger partial charge in [-0.25, -0.2) is 13.1 Å². The maximum absolute atomic E-state index is 11.9. The Bertz CT molecular complexity index is 533. The van der Waals surface area contributed by atoms with E-state index in [9.17, 15) is 13.2 Å². The van der Waals surface area contributed by atoms with E-state index >= 15 is 0 Å². The first-order chi connectivity index (χ1) is 7.79. The molecule has 0 radical (unpaired) electrons. The highest BCUT2D eigenvalue weighted by Gasteiger charge is 2.24. The summed E-state index contributed by atoms with van der Waals surface area (Å²) in [6.45, 7) is 4.66. The van der Waals surface area contributed by atoms with Gasteiger partial charge in [-0.2, -0.15) is 5.10 Å². The summed E-state index contributed by atoms with van der Waals surface area (Å²) in [4.78, 5) is 10.6. The second-order valence-electron chi connectivity index (χ2n) is 3.55. The molecule has 0 bridgehead atoms. The van der Waals surface area contributed by atoms with Gasteiger partial charge in [0.1, 0.15) is 11.4 Å². The summed E-state index contributed by atoms with van der Waals surface area (Å²) < 4.78 is 27.2. The van der Waals surface area contributed by atoms with Gasteiger partial charge < -0.3 is 5.11 Å². The predicted octanol–water partition coefficient (Wildman–Crippen LogP) is -0.117. The summed E-state index contributed by atoms with van der Waals surface area (Å²) in [5.41, 5.74) is 0.621. The number of aromatic nitrogens is 2. The quantitative estimate of drug-likeness (QED) is 0.769. The molecule has 96 valence electrons. The van der Waals surface area contributed by atoms with Crippen LogP contribution in [0.4, 0.5) is 0 Å². The highest BCUT2D eigenvalue weighted by Crippen LogP contribution is 2.18. The van der Waals surface area contributed by atoms with Crippen molar-refractivity contribution in [2.75, 3.05) is 6.54 Å². The Labute approximate surface area is 99.5 Å². The summed E-state index contributed by atoms with van der Waals surface area (Å²) >= 11 is 0. The van der Waals surface area contributed by atoms with Crippen LogP contribution < -0.4 is 4.72 Å². The third-order valence-electron chi connectivity index (χ3n) is 2.20. The molecule has 1 heterocycles. The molecule has 8 heteroatoms. The van der Waals surface area contributed by atoms with Crippen LogP contribution in [-0.4, -0.2) is 35.8 Å². The van der Waals surface area contributed by atoms with Crippen molar-refractivity contribution in [2.24, 2.45) is 0 Å². The van der Waals surface area contributed by atoms with Gasteiger partial charge in [0.05, 0.1) is 11.4 Å². The molecule has 0 aliphatic heterocycles. The number of carbonyl (C=O) groups is 1. The first-order valence-electron chi connectivity index (χ1n) is 5.05. The number of aliphatic carboxylic acids is 1. The van der Waals surface area contributed by atoms with E-state index in [1.807, 2.05) is 0 Å². The van der Waals surface area contributed by atoms with E-state index in [-0.39, 0.29) is 18.0 Å². The van der Waals surface area contributed by atoms with Crippen LogP contribution in [0.25, 0.3) is 0 Å². The Morgan fingerprint density at radius 3 is 2.53 bits per heavy atom. The standard InChI is InChI=1S/C9H15N3O4S/c1-4-10-17(15,16)9-6(2)11-12(7(9)3)5-8(13)14/h10H,4-5H2,1-3H3,(H,13,14). The number of hydrogen-bond donors (Lipinski definition) is 2. The maximum Gasteiger partial charge on any atom is 0.325 e. The number of sulfonamides is 1. The minimum absolute atomic E-state index is 0.0561. The maximum atomic E-state index is 11.9. The van der Waals surface area contributed by atoms with Crippen molar-refractivity contribution in [3.05, 3.63) is 11.4 Å². The predicted molar refractivity (Wildman–Crippen MR) is 60.2 cm³/mol. The van der Waals surface area contributed by atoms with Crippen LogP contribution in [0.5, 0.6) is 0 Å². The Hall–Kier alpha value is -1.41. The van der Waals surface area contributed by atoms with Gasteiger partial charge in [-0.05, 0) is 13.8 Å². The lowest BCUT2D eigenvalue weighted by Gasteiger charge is -2.05. The molecular formula is C9H15N3O4S. The van der Waals surface area contributed by atoms with Gasteiger partial charge in [-0.1, -0.05) is 6.92 Å². The lowest BCUT2D eigenvalue weighted by atomic mass is 10.4. The van der Waals surface area contributed by atoms with E-state index in [1.54, 1.807) is 6.92 Å². The number of carboxylic acid groups (broad SMARTS) is 1. The van der Waals surface area contributed by atoms with E-state index in [4.69, 9.17) is 5.11 Å². The molecule has 2 N–H and O–H groups in total. The van der Waals surface area contributed by atoms with Crippen LogP contribution in [0.1, 0.15) is 18.3 Å². The number of hydrogen-bond acceptors (Lipinski definition) is 4. The molecule has 1 rings (SSSR count). The molecular weight excluding hydrogens is 246 g/mol. The fourth-order valence-electron chi connectivity index (χ4n) is 1.61. The average Bonchev–Trinajstić information content (AvgIpc) is 2.40. The van der Waals surface area contributed by atoms with Gasteiger partial charge in [0.15, 0.2) is 0 Å². The summed E-state index contributed by atoms with van der Waals surface area (Å²) in [5.74, 6) is -1.07. The highest BCUT2D eigenvalue weighted by atomic mass is 32.2. The lowest BCUT2D eigenvalue weighted by Crippen LogP contribution is -2.24. The SMILES string of the molecule is CCNS(=O)(=O)c1c(C)nn(CC(=O)O)c1C. The molecule has 0 saturated heterocycles. The van der Waals surface area contributed by atoms with Gasteiger partial charge in [-0.3, -0.25) is 9.48 Å². The molecule has 0 aliphatic carbocycles. The van der Waals surface area contributed by atoms with Crippen LogP contribution in [0, 0.1) is 13.8 Å². The molecule has 1 aromatic rings. The normalized spacial score (nSPS) is 11.7. The van der Waals surface area contributed by atoms with Gasteiger partial charge in [-0.15, -0.1) is 0 Å². The molecule has 0 spiro atoms. The lowest BCUT2D eigenvalue weighted by molar-refractivity contribution is -0.137. The largest absolute Gasteiger partial charge is 0.480 e. The minimum atomic E-state index is -3.61. The van der Waals surface area contributed by atoms with Crippen molar-refractivity contribution in [3.63, 3.8) is 0 Å². The molecule has 0 saturated carbocycles. The summed E-state index contributed by atoms with van der Waals surface area (Å²) in [6.07, 6.45) is 0. The zero-order valence-electron chi connectivity index (χ0n) is 9.89. The van der Waals surface area contributed by atoms with Crippen molar-refractivity contribution in [3.8, 4) is 0 Å². The molecule has 0 amide bonds. The molecule has 0 aromatic carbocycles. The van der Waals surface area contributed by atoms with Crippen molar-refractivity contribution in [2.45, 2.75) is 32.2 Å². The highest BCUT2D eigenvalue weighted by molar-refractivity contribution is 7.89. The summed E-state index contributed by atoms with van der Waals surface area (Å²) in [6, 6.07) is 0. The Morgan fingerprint density at radius 1 is 1.47 bits per heavy atom. The van der Waals surface area contributed by atoms with Crippen LogP contribution in [0.15, 0.2) is 4.90 Å². The van der Waals surface area contributed by atoms with Gasteiger partial charge in [0, 0.05) is 6.54 Å². The third kappa shape index (κ3) is 2.83. The number of aryl methyl sites for hydroxylation is 1. The molecule has 17 heavy (non-hydrogen) atoms. The van der Waals surface area contributed by atoms with E-state index in [1.165, 1.54) is 18.5 Å².